The van der Waals surface area contributed by atoms with Crippen LogP contribution >= 0.6 is 0 Å². The number of methoxy groups -OCH3 is 1. The van der Waals surface area contributed by atoms with Crippen LogP contribution in [0.1, 0.15) is 24.0 Å². The minimum atomic E-state index is -0.306. The van der Waals surface area contributed by atoms with Crippen molar-refractivity contribution in [1.29, 1.82) is 0 Å². The van der Waals surface area contributed by atoms with Gasteiger partial charge in [0.05, 0.1) is 25.9 Å². The maximum Gasteiger partial charge on any atom is 0.123 e. The minimum absolute atomic E-state index is 0.000185. The fourth-order valence-electron chi connectivity index (χ4n) is 2.53. The third-order valence-electron chi connectivity index (χ3n) is 4.02. The van der Waals surface area contributed by atoms with Crippen molar-refractivity contribution in [3.8, 4) is 5.75 Å². The molecule has 2 aromatic carbocycles. The molecule has 2 N–H and O–H groups in total. The standard InChI is InChI=1S/C11H14O2.C9H11FO2/c12-10-6-11(7-10)13-8-9-4-2-1-3-5-9;1-12-9-3-2-8(10)6-7(9)4-5-11/h1-5,10-12H,6-8H2;2-3,6,11H,4-5H2,1H3. The van der Waals surface area contributed by atoms with E-state index in [1.54, 1.807) is 6.07 Å². The van der Waals surface area contributed by atoms with E-state index in [0.717, 1.165) is 12.8 Å². The molecular weight excluding hydrogens is 323 g/mol. The predicted octanol–water partition coefficient (Wildman–Crippen LogP) is 3.10. The van der Waals surface area contributed by atoms with Gasteiger partial charge in [-0.2, -0.15) is 0 Å². The maximum absolute atomic E-state index is 12.7. The molecule has 0 bridgehead atoms. The molecule has 0 aliphatic heterocycles. The number of hydrogen-bond donors (Lipinski definition) is 2. The van der Waals surface area contributed by atoms with E-state index in [9.17, 15) is 4.39 Å². The van der Waals surface area contributed by atoms with E-state index in [2.05, 4.69) is 12.1 Å². The normalized spacial score (nSPS) is 18.7. The van der Waals surface area contributed by atoms with Crippen molar-refractivity contribution < 1.29 is 24.1 Å². The first-order valence-corrected chi connectivity index (χ1v) is 8.39. The van der Waals surface area contributed by atoms with Crippen LogP contribution < -0.4 is 4.74 Å². The van der Waals surface area contributed by atoms with Crippen LogP contribution in [-0.4, -0.2) is 36.1 Å². The SMILES string of the molecule is COc1ccc(F)cc1CCO.OC1CC(OCc2ccccc2)C1. The largest absolute Gasteiger partial charge is 0.496 e. The lowest BCUT2D eigenvalue weighted by Crippen LogP contribution is -2.35. The van der Waals surface area contributed by atoms with Gasteiger partial charge in [-0.15, -0.1) is 0 Å². The molecule has 4 nitrogen and oxygen atoms in total. The highest BCUT2D eigenvalue weighted by Crippen LogP contribution is 2.23. The zero-order chi connectivity index (χ0) is 18.1. The minimum Gasteiger partial charge on any atom is -0.496 e. The molecule has 2 aromatic rings. The number of ether oxygens (including phenoxy) is 2. The Hall–Kier alpha value is -1.95. The van der Waals surface area contributed by atoms with Crippen LogP contribution in [0.15, 0.2) is 48.5 Å². The molecule has 1 aliphatic rings. The molecule has 136 valence electrons. The number of halogens is 1. The number of hydrogen-bond acceptors (Lipinski definition) is 4. The lowest BCUT2D eigenvalue weighted by molar-refractivity contribution is -0.0778. The molecule has 0 saturated heterocycles. The smallest absolute Gasteiger partial charge is 0.123 e. The summed E-state index contributed by atoms with van der Waals surface area (Å²) < 4.78 is 23.2. The van der Waals surface area contributed by atoms with Gasteiger partial charge < -0.3 is 19.7 Å². The molecular formula is C20H25FO4. The highest BCUT2D eigenvalue weighted by Gasteiger charge is 2.27. The Morgan fingerprint density at radius 1 is 1.12 bits per heavy atom. The van der Waals surface area contributed by atoms with Crippen LogP contribution in [-0.2, 0) is 17.8 Å². The number of aliphatic hydroxyl groups excluding tert-OH is 2. The van der Waals surface area contributed by atoms with Crippen molar-refractivity contribution in [2.24, 2.45) is 0 Å². The van der Waals surface area contributed by atoms with E-state index < -0.39 is 0 Å². The van der Waals surface area contributed by atoms with Gasteiger partial charge in [-0.1, -0.05) is 30.3 Å². The summed E-state index contributed by atoms with van der Waals surface area (Å²) in [5.41, 5.74) is 1.89. The van der Waals surface area contributed by atoms with Gasteiger partial charge in [-0.3, -0.25) is 0 Å². The van der Waals surface area contributed by atoms with Gasteiger partial charge in [0.15, 0.2) is 0 Å². The Morgan fingerprint density at radius 2 is 1.84 bits per heavy atom. The zero-order valence-electron chi connectivity index (χ0n) is 14.4. The summed E-state index contributed by atoms with van der Waals surface area (Å²) in [6.45, 7) is 0.665. The second-order valence-electron chi connectivity index (χ2n) is 5.97. The van der Waals surface area contributed by atoms with E-state index in [1.807, 2.05) is 18.2 Å². The summed E-state index contributed by atoms with van der Waals surface area (Å²) in [6.07, 6.45) is 2.16. The molecule has 3 rings (SSSR count). The van der Waals surface area contributed by atoms with Gasteiger partial charge in [-0.05, 0) is 48.6 Å². The van der Waals surface area contributed by atoms with E-state index >= 15 is 0 Å². The molecule has 0 radical (unpaired) electrons. The Morgan fingerprint density at radius 3 is 2.44 bits per heavy atom. The second-order valence-corrected chi connectivity index (χ2v) is 5.97. The van der Waals surface area contributed by atoms with Crippen molar-refractivity contribution in [3.63, 3.8) is 0 Å². The first-order chi connectivity index (χ1) is 12.1. The average Bonchev–Trinajstić information content (AvgIpc) is 2.60. The number of aliphatic hydroxyl groups is 2. The molecule has 1 saturated carbocycles. The molecule has 0 amide bonds. The number of benzene rings is 2. The second kappa shape index (κ2) is 10.1. The van der Waals surface area contributed by atoms with Gasteiger partial charge >= 0.3 is 0 Å². The molecule has 1 aliphatic carbocycles. The van der Waals surface area contributed by atoms with Gasteiger partial charge in [0.25, 0.3) is 0 Å². The Bertz CT molecular complexity index is 627. The Labute approximate surface area is 147 Å². The lowest BCUT2D eigenvalue weighted by Gasteiger charge is -2.31. The van der Waals surface area contributed by atoms with Crippen LogP contribution in [0.4, 0.5) is 4.39 Å². The zero-order valence-corrected chi connectivity index (χ0v) is 14.4. The summed E-state index contributed by atoms with van der Waals surface area (Å²) in [5, 5.41) is 17.7. The van der Waals surface area contributed by atoms with E-state index in [1.165, 1.54) is 24.8 Å². The van der Waals surface area contributed by atoms with E-state index in [-0.39, 0.29) is 24.6 Å². The molecule has 0 aromatic heterocycles. The highest BCUT2D eigenvalue weighted by atomic mass is 19.1. The predicted molar refractivity (Wildman–Crippen MR) is 94.0 cm³/mol. The molecule has 0 unspecified atom stereocenters. The molecule has 0 heterocycles. The molecule has 0 atom stereocenters. The van der Waals surface area contributed by atoms with Crippen molar-refractivity contribution in [1.82, 2.24) is 0 Å². The monoisotopic (exact) mass is 348 g/mol. The Balaban J connectivity index is 0.000000181. The summed E-state index contributed by atoms with van der Waals surface area (Å²) in [4.78, 5) is 0. The third kappa shape index (κ3) is 6.46. The lowest BCUT2D eigenvalue weighted by atomic mass is 9.92. The fourth-order valence-corrected chi connectivity index (χ4v) is 2.53. The third-order valence-corrected chi connectivity index (χ3v) is 4.02. The van der Waals surface area contributed by atoms with Crippen LogP contribution in [0.3, 0.4) is 0 Å². The topological polar surface area (TPSA) is 58.9 Å². The van der Waals surface area contributed by atoms with Gasteiger partial charge in [-0.25, -0.2) is 4.39 Å². The summed E-state index contributed by atoms with van der Waals surface area (Å²) in [6, 6.07) is 14.4. The summed E-state index contributed by atoms with van der Waals surface area (Å²) in [7, 11) is 1.52. The van der Waals surface area contributed by atoms with Crippen LogP contribution in [0.2, 0.25) is 0 Å². The Kier molecular flexibility index (Phi) is 7.85. The molecule has 25 heavy (non-hydrogen) atoms. The van der Waals surface area contributed by atoms with Gasteiger partial charge in [0, 0.05) is 6.61 Å². The fraction of sp³-hybridized carbons (Fsp3) is 0.400. The van der Waals surface area contributed by atoms with Crippen molar-refractivity contribution >= 4 is 0 Å². The number of rotatable bonds is 6. The van der Waals surface area contributed by atoms with Crippen LogP contribution in [0.5, 0.6) is 5.75 Å². The maximum atomic E-state index is 12.7. The first kappa shape index (κ1) is 19.4. The summed E-state index contributed by atoms with van der Waals surface area (Å²) in [5.74, 6) is 0.310. The molecule has 1 fully saturated rings. The summed E-state index contributed by atoms with van der Waals surface area (Å²) >= 11 is 0. The van der Waals surface area contributed by atoms with Crippen molar-refractivity contribution in [2.75, 3.05) is 13.7 Å². The highest BCUT2D eigenvalue weighted by molar-refractivity contribution is 5.33. The van der Waals surface area contributed by atoms with Crippen molar-refractivity contribution in [3.05, 3.63) is 65.5 Å². The van der Waals surface area contributed by atoms with E-state index in [4.69, 9.17) is 19.7 Å². The van der Waals surface area contributed by atoms with Crippen molar-refractivity contribution in [2.45, 2.75) is 38.1 Å². The first-order valence-electron chi connectivity index (χ1n) is 8.39. The molecule has 0 spiro atoms. The van der Waals surface area contributed by atoms with Crippen LogP contribution in [0.25, 0.3) is 0 Å². The van der Waals surface area contributed by atoms with E-state index in [0.29, 0.717) is 24.3 Å². The quantitative estimate of drug-likeness (QED) is 0.842. The molecule has 5 heteroatoms. The van der Waals surface area contributed by atoms with Gasteiger partial charge in [0.1, 0.15) is 11.6 Å². The van der Waals surface area contributed by atoms with Crippen LogP contribution in [0, 0.1) is 5.82 Å². The van der Waals surface area contributed by atoms with Gasteiger partial charge in [0.2, 0.25) is 0 Å². The average molecular weight is 348 g/mol.